The fraction of sp³-hybridized carbons (Fsp3) is 0.591. The molecule has 3 heterocycles. The predicted octanol–water partition coefficient (Wildman–Crippen LogP) is 1.82. The highest BCUT2D eigenvalue weighted by Gasteiger charge is 2.43. The normalized spacial score (nSPS) is 25.8. The van der Waals surface area contributed by atoms with E-state index in [1.807, 2.05) is 4.90 Å². The molecule has 4 rings (SSSR count). The number of anilines is 1. The van der Waals surface area contributed by atoms with Crippen LogP contribution < -0.4 is 16.0 Å². The largest absolute Gasteiger partial charge is 0.353 e. The number of hydrogen-bond acceptors (Lipinski definition) is 4. The molecule has 4 amide bonds. The number of urea groups is 1. The second-order valence-electron chi connectivity index (χ2n) is 8.75. The molecule has 8 nitrogen and oxygen atoms in total. The number of nitrogens with one attached hydrogen (secondary N) is 3. The van der Waals surface area contributed by atoms with Crippen LogP contribution in [0.2, 0.25) is 0 Å². The summed E-state index contributed by atoms with van der Waals surface area (Å²) in [5.74, 6) is -1.51. The minimum atomic E-state index is -0.859. The number of piperidine rings is 1. The number of benzene rings is 1. The first-order valence-corrected chi connectivity index (χ1v) is 11.2. The summed E-state index contributed by atoms with van der Waals surface area (Å²) in [7, 11) is 0. The van der Waals surface area contributed by atoms with Gasteiger partial charge in [-0.2, -0.15) is 0 Å². The van der Waals surface area contributed by atoms with Crippen molar-refractivity contribution < 1.29 is 23.2 Å². The van der Waals surface area contributed by atoms with Gasteiger partial charge in [-0.05, 0) is 44.2 Å². The van der Waals surface area contributed by atoms with Crippen LogP contribution in [0.3, 0.4) is 0 Å². The number of carbonyl (C=O) groups excluding carboxylic acids is 3. The Bertz CT molecular complexity index is 877. The van der Waals surface area contributed by atoms with E-state index < -0.39 is 17.7 Å². The third-order valence-corrected chi connectivity index (χ3v) is 6.54. The molecule has 1 aromatic carbocycles. The average Bonchev–Trinajstić information content (AvgIpc) is 3.20. The lowest BCUT2D eigenvalue weighted by atomic mass is 10.0. The van der Waals surface area contributed by atoms with Gasteiger partial charge in [0.2, 0.25) is 11.8 Å². The Kier molecular flexibility index (Phi) is 6.88. The van der Waals surface area contributed by atoms with E-state index in [0.29, 0.717) is 38.4 Å². The van der Waals surface area contributed by atoms with Gasteiger partial charge in [0, 0.05) is 50.7 Å². The Morgan fingerprint density at radius 1 is 1.16 bits per heavy atom. The van der Waals surface area contributed by atoms with Crippen LogP contribution >= 0.6 is 0 Å². The third kappa shape index (κ3) is 5.17. The van der Waals surface area contributed by atoms with Gasteiger partial charge < -0.3 is 20.9 Å². The van der Waals surface area contributed by atoms with Crippen molar-refractivity contribution in [1.82, 2.24) is 20.4 Å². The Labute approximate surface area is 185 Å². The molecule has 0 bridgehead atoms. The van der Waals surface area contributed by atoms with E-state index in [9.17, 15) is 23.2 Å². The van der Waals surface area contributed by atoms with E-state index in [1.54, 1.807) is 0 Å². The first-order chi connectivity index (χ1) is 15.4. The maximum Gasteiger partial charge on any atom is 0.319 e. The van der Waals surface area contributed by atoms with Gasteiger partial charge in [-0.3, -0.25) is 14.5 Å². The molecule has 1 aromatic rings. The Morgan fingerprint density at radius 2 is 1.94 bits per heavy atom. The zero-order chi connectivity index (χ0) is 22.7. The topological polar surface area (TPSA) is 93.8 Å². The number of nitrogens with zero attached hydrogens (tertiary/aromatic N) is 2. The van der Waals surface area contributed by atoms with Gasteiger partial charge in [0.15, 0.2) is 0 Å². The van der Waals surface area contributed by atoms with Crippen molar-refractivity contribution >= 4 is 23.5 Å². The summed E-state index contributed by atoms with van der Waals surface area (Å²) >= 11 is 0. The summed E-state index contributed by atoms with van der Waals surface area (Å²) < 4.78 is 26.8. The Hall–Kier alpha value is -2.75. The second-order valence-corrected chi connectivity index (χ2v) is 8.75. The molecule has 3 aliphatic rings. The number of piperazine rings is 1. The van der Waals surface area contributed by atoms with Crippen molar-refractivity contribution in [2.24, 2.45) is 0 Å². The number of hydrogen-bond donors (Lipinski definition) is 3. The van der Waals surface area contributed by atoms with Crippen molar-refractivity contribution in [3.8, 4) is 0 Å². The molecule has 3 fully saturated rings. The molecule has 174 valence electrons. The number of likely N-dealkylation sites (tertiary alicyclic amines) is 1. The van der Waals surface area contributed by atoms with Gasteiger partial charge in [0.25, 0.3) is 0 Å². The van der Waals surface area contributed by atoms with Gasteiger partial charge in [-0.1, -0.05) is 0 Å². The van der Waals surface area contributed by atoms with Crippen molar-refractivity contribution in [3.05, 3.63) is 29.8 Å². The minimum absolute atomic E-state index is 0.0239. The molecule has 0 unspecified atom stereocenters. The molecule has 3 saturated heterocycles. The molecular formula is C22H29F2N5O3. The molecule has 3 atom stereocenters. The van der Waals surface area contributed by atoms with Crippen LogP contribution in [0.5, 0.6) is 0 Å². The van der Waals surface area contributed by atoms with Gasteiger partial charge >= 0.3 is 6.03 Å². The van der Waals surface area contributed by atoms with Crippen LogP contribution in [0.15, 0.2) is 18.2 Å². The summed E-state index contributed by atoms with van der Waals surface area (Å²) in [6.07, 6.45) is 4.79. The van der Waals surface area contributed by atoms with Crippen LogP contribution in [0.1, 0.15) is 38.5 Å². The number of amides is 4. The minimum Gasteiger partial charge on any atom is -0.353 e. The summed E-state index contributed by atoms with van der Waals surface area (Å²) in [6.45, 7) is 2.59. The summed E-state index contributed by atoms with van der Waals surface area (Å²) in [4.78, 5) is 41.2. The van der Waals surface area contributed by atoms with Crippen molar-refractivity contribution in [1.29, 1.82) is 0 Å². The van der Waals surface area contributed by atoms with Gasteiger partial charge in [0.1, 0.15) is 11.6 Å². The first kappa shape index (κ1) is 22.4. The van der Waals surface area contributed by atoms with E-state index >= 15 is 0 Å². The number of fused-ring (bicyclic) bond motifs is 1. The fourth-order valence-electron chi connectivity index (χ4n) is 4.87. The number of carbonyl (C=O) groups is 3. The summed E-state index contributed by atoms with van der Waals surface area (Å²) in [5.41, 5.74) is -0.119. The van der Waals surface area contributed by atoms with E-state index in [4.69, 9.17) is 0 Å². The number of rotatable bonds is 5. The highest BCUT2D eigenvalue weighted by atomic mass is 19.1. The SMILES string of the molecule is O=C(Nc1ccc(F)cc1F)N[C@H]1C[C@H]2C(=O)NC[C@@H](CCC(=O)N3CCCCC3)N2C1. The highest BCUT2D eigenvalue weighted by Crippen LogP contribution is 2.26. The molecule has 0 aromatic heterocycles. The maximum atomic E-state index is 13.8. The van der Waals surface area contributed by atoms with Gasteiger partial charge in [0.05, 0.1) is 11.7 Å². The van der Waals surface area contributed by atoms with E-state index in [-0.39, 0.29) is 35.6 Å². The average molecular weight is 450 g/mol. The van der Waals surface area contributed by atoms with Crippen LogP contribution in [0, 0.1) is 11.6 Å². The van der Waals surface area contributed by atoms with Crippen molar-refractivity contribution in [2.75, 3.05) is 31.5 Å². The van der Waals surface area contributed by atoms with E-state index in [1.165, 1.54) is 6.42 Å². The van der Waals surface area contributed by atoms with Gasteiger partial charge in [-0.25, -0.2) is 13.6 Å². The van der Waals surface area contributed by atoms with Crippen LogP contribution in [0.25, 0.3) is 0 Å². The van der Waals surface area contributed by atoms with Gasteiger partial charge in [-0.15, -0.1) is 0 Å². The molecule has 3 N–H and O–H groups in total. The second kappa shape index (κ2) is 9.81. The monoisotopic (exact) mass is 449 g/mol. The molecule has 0 spiro atoms. The molecule has 0 saturated carbocycles. The van der Waals surface area contributed by atoms with Crippen LogP contribution in [0.4, 0.5) is 19.3 Å². The lowest BCUT2D eigenvalue weighted by Gasteiger charge is -2.37. The summed E-state index contributed by atoms with van der Waals surface area (Å²) in [6, 6.07) is 1.67. The molecule has 0 radical (unpaired) electrons. The standard InChI is InChI=1S/C22H29F2N5O3/c23-14-4-6-18(17(24)10-14)27-22(32)26-15-11-19-21(31)25-12-16(29(19)13-15)5-7-20(30)28-8-2-1-3-9-28/h4,6,10,15-16,19H,1-3,5,7-9,11-13H2,(H,25,31)(H2,26,27,32)/t15-,16+,19-/m0/s1. The third-order valence-electron chi connectivity index (χ3n) is 6.54. The maximum absolute atomic E-state index is 13.8. The number of halogens is 2. The first-order valence-electron chi connectivity index (χ1n) is 11.2. The highest BCUT2D eigenvalue weighted by molar-refractivity contribution is 5.90. The van der Waals surface area contributed by atoms with Crippen molar-refractivity contribution in [3.63, 3.8) is 0 Å². The van der Waals surface area contributed by atoms with Crippen LogP contribution in [-0.2, 0) is 9.59 Å². The Balaban J connectivity index is 1.31. The predicted molar refractivity (Wildman–Crippen MR) is 114 cm³/mol. The van der Waals surface area contributed by atoms with E-state index in [0.717, 1.165) is 38.1 Å². The quantitative estimate of drug-likeness (QED) is 0.639. The zero-order valence-electron chi connectivity index (χ0n) is 17.9. The van der Waals surface area contributed by atoms with E-state index in [2.05, 4.69) is 20.9 Å². The zero-order valence-corrected chi connectivity index (χ0v) is 17.9. The molecule has 3 aliphatic heterocycles. The molecule has 10 heteroatoms. The van der Waals surface area contributed by atoms with Crippen LogP contribution in [-0.4, -0.2) is 71.9 Å². The molecule has 0 aliphatic carbocycles. The smallest absolute Gasteiger partial charge is 0.319 e. The molecule has 32 heavy (non-hydrogen) atoms. The van der Waals surface area contributed by atoms with Crippen molar-refractivity contribution in [2.45, 2.75) is 56.7 Å². The molecular weight excluding hydrogens is 420 g/mol. The summed E-state index contributed by atoms with van der Waals surface area (Å²) in [5, 5.41) is 8.07. The fourth-order valence-corrected chi connectivity index (χ4v) is 4.87. The Morgan fingerprint density at radius 3 is 2.69 bits per heavy atom. The lowest BCUT2D eigenvalue weighted by molar-refractivity contribution is -0.133. The lowest BCUT2D eigenvalue weighted by Crippen LogP contribution is -2.58.